The number of likely N-dealkylation sites (N-methyl/N-ethyl adjacent to an activating group) is 1. The van der Waals surface area contributed by atoms with Crippen LogP contribution in [0, 0.1) is 12.8 Å². The molecule has 7 heteroatoms. The number of amides is 1. The van der Waals surface area contributed by atoms with E-state index in [9.17, 15) is 9.59 Å². The molecule has 1 N–H and O–H groups in total. The second-order valence-electron chi connectivity index (χ2n) is 4.98. The van der Waals surface area contributed by atoms with Crippen molar-refractivity contribution in [3.63, 3.8) is 0 Å². The molecule has 0 spiro atoms. The molecule has 7 nitrogen and oxygen atoms in total. The number of hydrogen-bond acceptors (Lipinski definition) is 5. The molecule has 118 valence electrons. The Morgan fingerprint density at radius 1 is 1.38 bits per heavy atom. The average molecular weight is 297 g/mol. The van der Waals surface area contributed by atoms with E-state index < -0.39 is 11.9 Å². The van der Waals surface area contributed by atoms with Crippen molar-refractivity contribution in [1.29, 1.82) is 0 Å². The Hall–Kier alpha value is -2.05. The van der Waals surface area contributed by atoms with Crippen LogP contribution < -0.4 is 4.90 Å². The van der Waals surface area contributed by atoms with Gasteiger partial charge in [-0.2, -0.15) is 0 Å². The molecule has 1 aromatic rings. The second kappa shape index (κ2) is 7.66. The lowest BCUT2D eigenvalue weighted by molar-refractivity contribution is -0.141. The number of anilines is 1. The molecule has 0 fully saturated rings. The van der Waals surface area contributed by atoms with E-state index in [0.29, 0.717) is 24.7 Å². The number of aliphatic carboxylic acids is 1. The third-order valence-corrected chi connectivity index (χ3v) is 3.30. The number of carbonyl (C=O) groups excluding carboxylic acids is 1. The first-order valence-electron chi connectivity index (χ1n) is 7.07. The molecule has 21 heavy (non-hydrogen) atoms. The van der Waals surface area contributed by atoms with Gasteiger partial charge in [0.25, 0.3) is 0 Å². The van der Waals surface area contributed by atoms with Gasteiger partial charge in [0.15, 0.2) is 5.82 Å². The SMILES string of the molecule is CCN(CC)C(=O)CN(CC(C)C(=O)O)c1cc(C)on1. The molecule has 1 heterocycles. The zero-order chi connectivity index (χ0) is 16.0. The normalized spacial score (nSPS) is 12.0. The van der Waals surface area contributed by atoms with Crippen molar-refractivity contribution in [1.82, 2.24) is 10.1 Å². The number of nitrogens with zero attached hydrogens (tertiary/aromatic N) is 3. The molecule has 0 aromatic carbocycles. The molecule has 1 unspecified atom stereocenters. The zero-order valence-corrected chi connectivity index (χ0v) is 13.0. The van der Waals surface area contributed by atoms with Gasteiger partial charge in [-0.25, -0.2) is 0 Å². The summed E-state index contributed by atoms with van der Waals surface area (Å²) in [6, 6.07) is 1.70. The van der Waals surface area contributed by atoms with E-state index in [1.54, 1.807) is 29.7 Å². The number of aryl methyl sites for hydroxylation is 1. The largest absolute Gasteiger partial charge is 0.481 e. The number of carboxylic acid groups (broad SMARTS) is 1. The minimum absolute atomic E-state index is 0.0572. The summed E-state index contributed by atoms with van der Waals surface area (Å²) in [5.41, 5.74) is 0. The van der Waals surface area contributed by atoms with Gasteiger partial charge in [-0.15, -0.1) is 0 Å². The minimum atomic E-state index is -0.907. The molecule has 0 radical (unpaired) electrons. The minimum Gasteiger partial charge on any atom is -0.481 e. The Morgan fingerprint density at radius 3 is 2.43 bits per heavy atom. The number of aromatic nitrogens is 1. The highest BCUT2D eigenvalue weighted by Crippen LogP contribution is 2.16. The Kier molecular flexibility index (Phi) is 6.20. The molecular weight excluding hydrogens is 274 g/mol. The van der Waals surface area contributed by atoms with E-state index in [-0.39, 0.29) is 19.0 Å². The molecule has 1 rings (SSSR count). The smallest absolute Gasteiger partial charge is 0.308 e. The van der Waals surface area contributed by atoms with Crippen molar-refractivity contribution < 1.29 is 19.2 Å². The topological polar surface area (TPSA) is 86.9 Å². The molecule has 0 saturated heterocycles. The van der Waals surface area contributed by atoms with Crippen LogP contribution in [0.5, 0.6) is 0 Å². The third-order valence-electron chi connectivity index (χ3n) is 3.30. The zero-order valence-electron chi connectivity index (χ0n) is 13.0. The van der Waals surface area contributed by atoms with Gasteiger partial charge >= 0.3 is 5.97 Å². The van der Waals surface area contributed by atoms with Crippen LogP contribution in [0.2, 0.25) is 0 Å². The molecule has 0 aliphatic rings. The summed E-state index contributed by atoms with van der Waals surface area (Å²) in [6.45, 7) is 8.70. The van der Waals surface area contributed by atoms with Gasteiger partial charge in [-0.05, 0) is 20.8 Å². The van der Waals surface area contributed by atoms with E-state index in [1.165, 1.54) is 0 Å². The molecule has 0 aliphatic carbocycles. The van der Waals surface area contributed by atoms with Crippen molar-refractivity contribution in [2.45, 2.75) is 27.7 Å². The summed E-state index contributed by atoms with van der Waals surface area (Å²) in [5, 5.41) is 12.9. The Bertz CT molecular complexity index is 482. The van der Waals surface area contributed by atoms with Gasteiger partial charge < -0.3 is 19.4 Å². The van der Waals surface area contributed by atoms with Crippen molar-refractivity contribution in [3.8, 4) is 0 Å². The summed E-state index contributed by atoms with van der Waals surface area (Å²) >= 11 is 0. The number of hydrogen-bond donors (Lipinski definition) is 1. The summed E-state index contributed by atoms with van der Waals surface area (Å²) in [7, 11) is 0. The molecule has 0 saturated carbocycles. The van der Waals surface area contributed by atoms with Crippen LogP contribution in [0.3, 0.4) is 0 Å². The molecule has 1 aromatic heterocycles. The number of carboxylic acids is 1. The van der Waals surface area contributed by atoms with E-state index in [0.717, 1.165) is 0 Å². The van der Waals surface area contributed by atoms with Gasteiger partial charge in [-0.1, -0.05) is 12.1 Å². The Balaban J connectivity index is 2.86. The van der Waals surface area contributed by atoms with Crippen LogP contribution in [0.15, 0.2) is 10.6 Å². The highest BCUT2D eigenvalue weighted by atomic mass is 16.5. The Morgan fingerprint density at radius 2 is 2.00 bits per heavy atom. The van der Waals surface area contributed by atoms with Crippen molar-refractivity contribution in [2.75, 3.05) is 31.1 Å². The monoisotopic (exact) mass is 297 g/mol. The standard InChI is InChI=1S/C14H23N3O4/c1-5-16(6-2)13(18)9-17(8-10(3)14(19)20)12-7-11(4)21-15-12/h7,10H,5-6,8-9H2,1-4H3,(H,19,20). The summed E-state index contributed by atoms with van der Waals surface area (Å²) in [6.07, 6.45) is 0. The van der Waals surface area contributed by atoms with Crippen LogP contribution in [-0.4, -0.2) is 53.2 Å². The third kappa shape index (κ3) is 4.77. The van der Waals surface area contributed by atoms with Gasteiger partial charge in [0, 0.05) is 25.7 Å². The lowest BCUT2D eigenvalue weighted by Gasteiger charge is -2.26. The van der Waals surface area contributed by atoms with Crippen LogP contribution >= 0.6 is 0 Å². The quantitative estimate of drug-likeness (QED) is 0.780. The fourth-order valence-electron chi connectivity index (χ4n) is 1.99. The average Bonchev–Trinajstić information content (AvgIpc) is 2.85. The lowest BCUT2D eigenvalue weighted by Crippen LogP contribution is -2.42. The molecule has 1 atom stereocenters. The fourth-order valence-corrected chi connectivity index (χ4v) is 1.99. The molecule has 0 aliphatic heterocycles. The van der Waals surface area contributed by atoms with Gasteiger partial charge in [-0.3, -0.25) is 9.59 Å². The maximum atomic E-state index is 12.2. The first kappa shape index (κ1) is 17.0. The first-order valence-corrected chi connectivity index (χ1v) is 7.07. The number of carbonyl (C=O) groups is 2. The molecule has 1 amide bonds. The summed E-state index contributed by atoms with van der Waals surface area (Å²) in [5.74, 6) is -0.463. The summed E-state index contributed by atoms with van der Waals surface area (Å²) < 4.78 is 5.02. The predicted molar refractivity (Wildman–Crippen MR) is 78.2 cm³/mol. The number of rotatable bonds is 8. The highest BCUT2D eigenvalue weighted by Gasteiger charge is 2.22. The Labute approximate surface area is 124 Å². The molecular formula is C14H23N3O4. The maximum absolute atomic E-state index is 12.2. The van der Waals surface area contributed by atoms with Crippen LogP contribution in [0.4, 0.5) is 5.82 Å². The first-order chi connectivity index (χ1) is 9.88. The van der Waals surface area contributed by atoms with Gasteiger partial charge in [0.2, 0.25) is 5.91 Å². The van der Waals surface area contributed by atoms with E-state index in [1.807, 2.05) is 13.8 Å². The lowest BCUT2D eigenvalue weighted by atomic mass is 10.1. The van der Waals surface area contributed by atoms with Crippen LogP contribution in [0.25, 0.3) is 0 Å². The molecule has 0 bridgehead atoms. The van der Waals surface area contributed by atoms with Crippen LogP contribution in [-0.2, 0) is 9.59 Å². The van der Waals surface area contributed by atoms with Crippen molar-refractivity contribution in [2.24, 2.45) is 5.92 Å². The second-order valence-corrected chi connectivity index (χ2v) is 4.98. The van der Waals surface area contributed by atoms with Crippen LogP contribution in [0.1, 0.15) is 26.5 Å². The van der Waals surface area contributed by atoms with E-state index in [2.05, 4.69) is 5.16 Å². The predicted octanol–water partition coefficient (Wildman–Crippen LogP) is 1.38. The van der Waals surface area contributed by atoms with Gasteiger partial charge in [0.05, 0.1) is 12.5 Å². The summed E-state index contributed by atoms with van der Waals surface area (Å²) in [4.78, 5) is 26.6. The van der Waals surface area contributed by atoms with Crippen molar-refractivity contribution in [3.05, 3.63) is 11.8 Å². The van der Waals surface area contributed by atoms with E-state index >= 15 is 0 Å². The van der Waals surface area contributed by atoms with E-state index in [4.69, 9.17) is 9.63 Å². The fraction of sp³-hybridized carbons (Fsp3) is 0.643. The maximum Gasteiger partial charge on any atom is 0.308 e. The highest BCUT2D eigenvalue weighted by molar-refractivity contribution is 5.81. The van der Waals surface area contributed by atoms with Crippen molar-refractivity contribution >= 4 is 17.7 Å². The van der Waals surface area contributed by atoms with Gasteiger partial charge in [0.1, 0.15) is 5.76 Å².